The topological polar surface area (TPSA) is 44.1 Å². The number of hydrogen-bond acceptors (Lipinski definition) is 4. The maximum Gasteiger partial charge on any atom is 0.360 e. The third-order valence-electron chi connectivity index (χ3n) is 1.64. The SMILES string of the molecule is CCOC(=O)c1nc(SC)n(C)c1Cl. The molecule has 6 heteroatoms. The molecule has 1 aromatic heterocycles. The van der Waals surface area contributed by atoms with E-state index in [0.717, 1.165) is 0 Å². The Morgan fingerprint density at radius 2 is 2.36 bits per heavy atom. The van der Waals surface area contributed by atoms with Gasteiger partial charge in [-0.15, -0.1) is 0 Å². The lowest BCUT2D eigenvalue weighted by Gasteiger charge is -1.98. The van der Waals surface area contributed by atoms with Gasteiger partial charge in [0, 0.05) is 7.05 Å². The van der Waals surface area contributed by atoms with Gasteiger partial charge in [-0.3, -0.25) is 0 Å². The van der Waals surface area contributed by atoms with Crippen LogP contribution < -0.4 is 0 Å². The maximum absolute atomic E-state index is 11.4. The highest BCUT2D eigenvalue weighted by Crippen LogP contribution is 2.22. The van der Waals surface area contributed by atoms with E-state index in [-0.39, 0.29) is 5.69 Å². The lowest BCUT2D eigenvalue weighted by Crippen LogP contribution is -2.05. The number of hydrogen-bond donors (Lipinski definition) is 0. The van der Waals surface area contributed by atoms with Crippen molar-refractivity contribution in [1.29, 1.82) is 0 Å². The molecular formula is C8H11ClN2O2S. The quantitative estimate of drug-likeness (QED) is 0.593. The van der Waals surface area contributed by atoms with Crippen molar-refractivity contribution in [1.82, 2.24) is 9.55 Å². The van der Waals surface area contributed by atoms with E-state index in [2.05, 4.69) is 4.98 Å². The van der Waals surface area contributed by atoms with Gasteiger partial charge < -0.3 is 9.30 Å². The number of imidazole rings is 1. The summed E-state index contributed by atoms with van der Waals surface area (Å²) in [6, 6.07) is 0. The van der Waals surface area contributed by atoms with E-state index in [1.807, 2.05) is 6.26 Å². The number of halogens is 1. The largest absolute Gasteiger partial charge is 0.461 e. The van der Waals surface area contributed by atoms with Gasteiger partial charge in [0.15, 0.2) is 10.9 Å². The molecule has 0 fully saturated rings. The van der Waals surface area contributed by atoms with Gasteiger partial charge in [-0.05, 0) is 13.2 Å². The first-order valence-electron chi connectivity index (χ1n) is 4.05. The Labute approximate surface area is 91.6 Å². The van der Waals surface area contributed by atoms with Gasteiger partial charge in [-0.2, -0.15) is 0 Å². The van der Waals surface area contributed by atoms with Gasteiger partial charge >= 0.3 is 5.97 Å². The first kappa shape index (κ1) is 11.4. The lowest BCUT2D eigenvalue weighted by molar-refractivity contribution is 0.0520. The number of ether oxygens (including phenoxy) is 1. The summed E-state index contributed by atoms with van der Waals surface area (Å²) in [6.45, 7) is 2.06. The van der Waals surface area contributed by atoms with Crippen LogP contribution in [0.5, 0.6) is 0 Å². The molecule has 1 aromatic rings. The zero-order chi connectivity index (χ0) is 10.7. The summed E-state index contributed by atoms with van der Waals surface area (Å²) in [5, 5.41) is 1.01. The number of thioether (sulfide) groups is 1. The molecule has 14 heavy (non-hydrogen) atoms. The highest BCUT2D eigenvalue weighted by Gasteiger charge is 2.19. The molecule has 4 nitrogen and oxygen atoms in total. The van der Waals surface area contributed by atoms with E-state index < -0.39 is 5.97 Å². The molecule has 0 unspecified atom stereocenters. The van der Waals surface area contributed by atoms with Crippen LogP contribution in [0.15, 0.2) is 5.16 Å². The van der Waals surface area contributed by atoms with E-state index in [4.69, 9.17) is 16.3 Å². The molecule has 0 radical (unpaired) electrons. The molecule has 0 aliphatic rings. The van der Waals surface area contributed by atoms with Gasteiger partial charge in [0.1, 0.15) is 5.15 Å². The Kier molecular flexibility index (Phi) is 3.83. The molecule has 0 bridgehead atoms. The molecule has 78 valence electrons. The number of aromatic nitrogens is 2. The summed E-state index contributed by atoms with van der Waals surface area (Å²) in [5.74, 6) is -0.478. The van der Waals surface area contributed by atoms with Gasteiger partial charge in [0.05, 0.1) is 6.61 Å². The number of rotatable bonds is 3. The van der Waals surface area contributed by atoms with E-state index in [0.29, 0.717) is 16.9 Å². The molecular weight excluding hydrogens is 224 g/mol. The molecule has 0 atom stereocenters. The summed E-state index contributed by atoms with van der Waals surface area (Å²) in [5.41, 5.74) is 0.181. The van der Waals surface area contributed by atoms with E-state index in [1.54, 1.807) is 18.5 Å². The highest BCUT2D eigenvalue weighted by molar-refractivity contribution is 7.98. The average molecular weight is 235 g/mol. The molecule has 0 saturated heterocycles. The third-order valence-corrected chi connectivity index (χ3v) is 2.80. The monoisotopic (exact) mass is 234 g/mol. The van der Waals surface area contributed by atoms with E-state index in [9.17, 15) is 4.79 Å². The number of esters is 1. The highest BCUT2D eigenvalue weighted by atomic mass is 35.5. The summed E-state index contributed by atoms with van der Waals surface area (Å²) in [7, 11) is 1.75. The van der Waals surface area contributed by atoms with E-state index >= 15 is 0 Å². The van der Waals surface area contributed by atoms with Crippen molar-refractivity contribution in [3.05, 3.63) is 10.8 Å². The molecule has 0 amide bonds. The van der Waals surface area contributed by atoms with Crippen molar-refractivity contribution in [3.63, 3.8) is 0 Å². The van der Waals surface area contributed by atoms with Crippen LogP contribution in [0.3, 0.4) is 0 Å². The number of carbonyl (C=O) groups excluding carboxylic acids is 1. The smallest absolute Gasteiger partial charge is 0.360 e. The second-order valence-electron chi connectivity index (χ2n) is 2.52. The van der Waals surface area contributed by atoms with Gasteiger partial charge in [-0.25, -0.2) is 9.78 Å². The lowest BCUT2D eigenvalue weighted by atomic mass is 10.5. The molecule has 1 heterocycles. The summed E-state index contributed by atoms with van der Waals surface area (Å²) in [4.78, 5) is 15.4. The number of nitrogens with zero attached hydrogens (tertiary/aromatic N) is 2. The first-order chi connectivity index (χ1) is 6.61. The molecule has 0 aliphatic heterocycles. The van der Waals surface area contributed by atoms with Crippen molar-refractivity contribution in [2.45, 2.75) is 12.1 Å². The third kappa shape index (κ3) is 2.04. The van der Waals surface area contributed by atoms with E-state index in [1.165, 1.54) is 11.8 Å². The van der Waals surface area contributed by atoms with Crippen LogP contribution in [-0.2, 0) is 11.8 Å². The Hall–Kier alpha value is -0.680. The normalized spacial score (nSPS) is 10.3. The van der Waals surface area contributed by atoms with Crippen molar-refractivity contribution < 1.29 is 9.53 Å². The molecule has 0 spiro atoms. The molecule has 0 saturated carbocycles. The zero-order valence-corrected chi connectivity index (χ0v) is 9.78. The Morgan fingerprint density at radius 1 is 1.71 bits per heavy atom. The zero-order valence-electron chi connectivity index (χ0n) is 8.20. The van der Waals surface area contributed by atoms with Crippen LogP contribution in [0, 0.1) is 0 Å². The average Bonchev–Trinajstić information content (AvgIpc) is 2.44. The minimum atomic E-state index is -0.478. The minimum Gasteiger partial charge on any atom is -0.461 e. The van der Waals surface area contributed by atoms with Crippen LogP contribution in [0.1, 0.15) is 17.4 Å². The standard InChI is InChI=1S/C8H11ClN2O2S/c1-4-13-7(12)5-6(9)11(2)8(10-5)14-3/h4H2,1-3H3. The number of carbonyl (C=O) groups is 1. The Bertz CT molecular complexity index is 351. The van der Waals surface area contributed by atoms with Crippen molar-refractivity contribution in [2.75, 3.05) is 12.9 Å². The maximum atomic E-state index is 11.4. The Morgan fingerprint density at radius 3 is 2.79 bits per heavy atom. The van der Waals surface area contributed by atoms with Crippen molar-refractivity contribution >= 4 is 29.3 Å². The van der Waals surface area contributed by atoms with Crippen LogP contribution >= 0.6 is 23.4 Å². The molecule has 0 aliphatic carbocycles. The van der Waals surface area contributed by atoms with Crippen LogP contribution in [0.2, 0.25) is 5.15 Å². The molecule has 0 aromatic carbocycles. The minimum absolute atomic E-state index is 0.181. The van der Waals surface area contributed by atoms with Gasteiger partial charge in [0.2, 0.25) is 0 Å². The summed E-state index contributed by atoms with van der Waals surface area (Å²) in [6.07, 6.45) is 1.87. The van der Waals surface area contributed by atoms with Crippen LogP contribution in [-0.4, -0.2) is 28.4 Å². The predicted molar refractivity (Wildman–Crippen MR) is 56.0 cm³/mol. The van der Waals surface area contributed by atoms with Gasteiger partial charge in [0.25, 0.3) is 0 Å². The molecule has 0 N–H and O–H groups in total. The predicted octanol–water partition coefficient (Wildman–Crippen LogP) is 1.97. The van der Waals surface area contributed by atoms with Crippen LogP contribution in [0.4, 0.5) is 0 Å². The first-order valence-corrected chi connectivity index (χ1v) is 5.65. The summed E-state index contributed by atoms with van der Waals surface area (Å²) < 4.78 is 6.46. The van der Waals surface area contributed by atoms with Gasteiger partial charge in [-0.1, -0.05) is 23.4 Å². The Balaban J connectivity index is 3.04. The fourth-order valence-corrected chi connectivity index (χ4v) is 1.77. The molecule has 1 rings (SSSR count). The second-order valence-corrected chi connectivity index (χ2v) is 3.65. The second kappa shape index (κ2) is 4.70. The van der Waals surface area contributed by atoms with Crippen LogP contribution in [0.25, 0.3) is 0 Å². The fourth-order valence-electron chi connectivity index (χ4n) is 0.971. The van der Waals surface area contributed by atoms with Crippen molar-refractivity contribution in [3.8, 4) is 0 Å². The fraction of sp³-hybridized carbons (Fsp3) is 0.500. The summed E-state index contributed by atoms with van der Waals surface area (Å²) >= 11 is 7.34. The van der Waals surface area contributed by atoms with Crippen molar-refractivity contribution in [2.24, 2.45) is 7.05 Å².